The molecule has 1 amide bonds. The Bertz CT molecular complexity index is 1310. The summed E-state index contributed by atoms with van der Waals surface area (Å²) < 4.78 is 6.63. The van der Waals surface area contributed by atoms with E-state index in [2.05, 4.69) is 10.4 Å². The van der Waals surface area contributed by atoms with E-state index in [0.29, 0.717) is 33.3 Å². The molecule has 6 N–H and O–H groups in total. The van der Waals surface area contributed by atoms with Crippen LogP contribution < -0.4 is 32.3 Å². The van der Waals surface area contributed by atoms with E-state index in [1.165, 1.54) is 59.6 Å². The number of aromatic carboxylic acids is 1. The molecule has 11 nitrogen and oxygen atoms in total. The van der Waals surface area contributed by atoms with Gasteiger partial charge in [-0.15, -0.1) is 0 Å². The number of carbonyl (C=O) groups excluding carboxylic acids is 1. The monoisotopic (exact) mass is 484 g/mol. The molecule has 0 saturated carbocycles. The molecule has 0 atom stereocenters. The van der Waals surface area contributed by atoms with E-state index in [9.17, 15) is 14.4 Å². The Morgan fingerprint density at radius 3 is 2.53 bits per heavy atom. The van der Waals surface area contributed by atoms with Crippen LogP contribution in [-0.2, 0) is 11.3 Å². The van der Waals surface area contributed by atoms with Crippen molar-refractivity contribution >= 4 is 41.2 Å². The number of benzene rings is 2. The molecule has 0 aliphatic rings. The van der Waals surface area contributed by atoms with Crippen molar-refractivity contribution in [2.45, 2.75) is 6.54 Å². The van der Waals surface area contributed by atoms with Gasteiger partial charge in [0.15, 0.2) is 0 Å². The summed E-state index contributed by atoms with van der Waals surface area (Å²) in [6.07, 6.45) is 2.58. The van der Waals surface area contributed by atoms with Gasteiger partial charge in [0.25, 0.3) is 5.56 Å². The average Bonchev–Trinajstić information content (AvgIpc) is 2.80. The molecule has 1 heterocycles. The number of amides is 1. The number of rotatable bonds is 8. The van der Waals surface area contributed by atoms with Crippen LogP contribution in [0.4, 0.5) is 11.4 Å². The number of carbonyl (C=O) groups is 2. The Morgan fingerprint density at radius 1 is 1.21 bits per heavy atom. The lowest BCUT2D eigenvalue weighted by atomic mass is 10.0. The number of nitrogens with zero attached hydrogens (tertiary/aromatic N) is 3. The number of hydrazone groups is 1. The largest absolute Gasteiger partial charge is 0.495 e. The standard InChI is InChI=1S/C22H21ClN6O5/c1-34-19-10-28(11-20(30)27-15-5-2-13(3-6-15)22(32)33)21(31)9-17(19)16-8-14(23)4-7-18(16)29(25)12-26-24/h2-10,12H,11,24-25H2,1H3,(H,27,30)(H,32,33)/b26-12-. The molecule has 0 saturated heterocycles. The number of anilines is 2. The number of carboxylic acid groups (broad SMARTS) is 1. The number of hydrogen-bond acceptors (Lipinski definition) is 7. The van der Waals surface area contributed by atoms with Crippen LogP contribution in [0.1, 0.15) is 10.4 Å². The second kappa shape index (κ2) is 10.5. The summed E-state index contributed by atoms with van der Waals surface area (Å²) in [6.45, 7) is -0.304. The van der Waals surface area contributed by atoms with Gasteiger partial charge in [-0.1, -0.05) is 11.6 Å². The van der Waals surface area contributed by atoms with Crippen LogP contribution in [0.2, 0.25) is 5.02 Å². The van der Waals surface area contributed by atoms with Gasteiger partial charge in [0.1, 0.15) is 18.6 Å². The third kappa shape index (κ3) is 5.52. The molecule has 0 unspecified atom stereocenters. The predicted molar refractivity (Wildman–Crippen MR) is 129 cm³/mol. The lowest BCUT2D eigenvalue weighted by Gasteiger charge is -2.19. The minimum Gasteiger partial charge on any atom is -0.495 e. The summed E-state index contributed by atoms with van der Waals surface area (Å²) in [5, 5.41) is 16.5. The number of hydrogen-bond donors (Lipinski definition) is 4. The van der Waals surface area contributed by atoms with E-state index >= 15 is 0 Å². The second-order valence-electron chi connectivity index (χ2n) is 6.99. The minimum absolute atomic E-state index is 0.0868. The van der Waals surface area contributed by atoms with Crippen molar-refractivity contribution in [3.8, 4) is 16.9 Å². The van der Waals surface area contributed by atoms with Crippen LogP contribution in [0, 0.1) is 0 Å². The SMILES string of the molecule is COc1cn(CC(=O)Nc2ccc(C(=O)O)cc2)c(=O)cc1-c1cc(Cl)ccc1N(N)/C=N\N. The fourth-order valence-electron chi connectivity index (χ4n) is 3.18. The maximum Gasteiger partial charge on any atom is 0.335 e. The molecule has 176 valence electrons. The first kappa shape index (κ1) is 24.3. The first-order chi connectivity index (χ1) is 16.2. The van der Waals surface area contributed by atoms with Gasteiger partial charge in [-0.2, -0.15) is 5.10 Å². The average molecular weight is 485 g/mol. The summed E-state index contributed by atoms with van der Waals surface area (Å²) in [4.78, 5) is 36.2. The molecule has 3 aromatic rings. The summed E-state index contributed by atoms with van der Waals surface area (Å²) in [6, 6.07) is 11.8. The van der Waals surface area contributed by atoms with Gasteiger partial charge in [0, 0.05) is 27.9 Å². The normalized spacial score (nSPS) is 10.8. The molecule has 34 heavy (non-hydrogen) atoms. The van der Waals surface area contributed by atoms with Gasteiger partial charge < -0.3 is 25.6 Å². The molecule has 0 fully saturated rings. The summed E-state index contributed by atoms with van der Waals surface area (Å²) in [5.74, 6) is 9.88. The molecule has 0 aliphatic carbocycles. The van der Waals surface area contributed by atoms with Gasteiger partial charge in [-0.3, -0.25) is 14.6 Å². The quantitative estimate of drug-likeness (QED) is 0.163. The highest BCUT2D eigenvalue weighted by atomic mass is 35.5. The van der Waals surface area contributed by atoms with Gasteiger partial charge in [0.2, 0.25) is 5.91 Å². The molecule has 0 bridgehead atoms. The van der Waals surface area contributed by atoms with E-state index in [1.807, 2.05) is 0 Å². The highest BCUT2D eigenvalue weighted by Gasteiger charge is 2.17. The Kier molecular flexibility index (Phi) is 7.51. The Hall–Kier alpha value is -4.35. The van der Waals surface area contributed by atoms with Gasteiger partial charge in [-0.25, -0.2) is 10.6 Å². The maximum atomic E-state index is 12.8. The molecular weight excluding hydrogens is 464 g/mol. The third-order valence-corrected chi connectivity index (χ3v) is 4.99. The zero-order valence-corrected chi connectivity index (χ0v) is 18.7. The van der Waals surface area contributed by atoms with Crippen LogP contribution in [-0.4, -0.2) is 35.0 Å². The molecule has 12 heteroatoms. The fraction of sp³-hybridized carbons (Fsp3) is 0.0909. The topological polar surface area (TPSA) is 165 Å². The number of methoxy groups -OCH3 is 1. The number of pyridine rings is 1. The maximum absolute atomic E-state index is 12.8. The highest BCUT2D eigenvalue weighted by molar-refractivity contribution is 6.31. The van der Waals surface area contributed by atoms with Crippen molar-refractivity contribution in [3.05, 3.63) is 75.7 Å². The molecule has 2 aromatic carbocycles. The van der Waals surface area contributed by atoms with Gasteiger partial charge in [-0.05, 0) is 42.5 Å². The molecule has 0 aliphatic heterocycles. The van der Waals surface area contributed by atoms with Crippen LogP contribution >= 0.6 is 11.6 Å². The molecule has 1 aromatic heterocycles. The van der Waals surface area contributed by atoms with Crippen LogP contribution in [0.3, 0.4) is 0 Å². The lowest BCUT2D eigenvalue weighted by Crippen LogP contribution is -2.30. The van der Waals surface area contributed by atoms with Crippen molar-refractivity contribution < 1.29 is 19.4 Å². The second-order valence-corrected chi connectivity index (χ2v) is 7.42. The van der Waals surface area contributed by atoms with E-state index in [1.54, 1.807) is 18.2 Å². The zero-order valence-electron chi connectivity index (χ0n) is 17.9. The Balaban J connectivity index is 1.91. The first-order valence-electron chi connectivity index (χ1n) is 9.72. The summed E-state index contributed by atoms with van der Waals surface area (Å²) in [7, 11) is 1.42. The van der Waals surface area contributed by atoms with Crippen molar-refractivity contribution in [1.82, 2.24) is 4.57 Å². The number of nitrogens with one attached hydrogen (secondary N) is 1. The smallest absolute Gasteiger partial charge is 0.335 e. The molecule has 3 rings (SSSR count). The highest BCUT2D eigenvalue weighted by Crippen LogP contribution is 2.36. The number of carboxylic acids is 1. The van der Waals surface area contributed by atoms with Crippen LogP contribution in [0.5, 0.6) is 5.75 Å². The number of halogens is 1. The van der Waals surface area contributed by atoms with Crippen LogP contribution in [0.15, 0.2) is 64.6 Å². The summed E-state index contributed by atoms with van der Waals surface area (Å²) >= 11 is 6.16. The molecular formula is C22H21ClN6O5. The molecule has 0 radical (unpaired) electrons. The minimum atomic E-state index is -1.08. The Morgan fingerprint density at radius 2 is 1.91 bits per heavy atom. The number of aromatic nitrogens is 1. The summed E-state index contributed by atoms with van der Waals surface area (Å²) in [5.41, 5.74) is 1.33. The van der Waals surface area contributed by atoms with E-state index in [0.717, 1.165) is 0 Å². The van der Waals surface area contributed by atoms with Crippen molar-refractivity contribution in [2.75, 3.05) is 17.4 Å². The van der Waals surface area contributed by atoms with Gasteiger partial charge in [0.05, 0.1) is 24.6 Å². The number of nitrogens with two attached hydrogens (primary N) is 2. The van der Waals surface area contributed by atoms with Crippen molar-refractivity contribution in [1.29, 1.82) is 0 Å². The van der Waals surface area contributed by atoms with E-state index < -0.39 is 17.4 Å². The lowest BCUT2D eigenvalue weighted by molar-refractivity contribution is -0.116. The first-order valence-corrected chi connectivity index (χ1v) is 10.1. The predicted octanol–water partition coefficient (Wildman–Crippen LogP) is 2.10. The number of hydrazine groups is 1. The van der Waals surface area contributed by atoms with E-state index in [-0.39, 0.29) is 12.1 Å². The van der Waals surface area contributed by atoms with Crippen molar-refractivity contribution in [2.24, 2.45) is 16.8 Å². The van der Waals surface area contributed by atoms with Gasteiger partial charge >= 0.3 is 5.97 Å². The van der Waals surface area contributed by atoms with Crippen molar-refractivity contribution in [3.63, 3.8) is 0 Å². The van der Waals surface area contributed by atoms with Crippen LogP contribution in [0.25, 0.3) is 11.1 Å². The zero-order chi connectivity index (χ0) is 24.8. The Labute approximate surface area is 198 Å². The third-order valence-electron chi connectivity index (χ3n) is 4.76. The number of ether oxygens (including phenoxy) is 1. The fourth-order valence-corrected chi connectivity index (χ4v) is 3.36. The van der Waals surface area contributed by atoms with E-state index in [4.69, 9.17) is 33.1 Å². The molecule has 0 spiro atoms.